The first-order chi connectivity index (χ1) is 8.67. The molecule has 0 saturated carbocycles. The van der Waals surface area contributed by atoms with Crippen LogP contribution < -0.4 is 5.32 Å². The first-order valence-corrected chi connectivity index (χ1v) is 7.34. The van der Waals surface area contributed by atoms with E-state index < -0.39 is 0 Å². The molecule has 1 aromatic carbocycles. The molecule has 2 atom stereocenters. The molecule has 0 heterocycles. The highest BCUT2D eigenvalue weighted by Gasteiger charge is 2.17. The Kier molecular flexibility index (Phi) is 7.56. The summed E-state index contributed by atoms with van der Waals surface area (Å²) in [5, 5.41) is 3.31. The highest BCUT2D eigenvalue weighted by Crippen LogP contribution is 2.22. The summed E-state index contributed by atoms with van der Waals surface area (Å²) in [5.74, 6) is 1.32. The Morgan fingerprint density at radius 2 is 2.17 bits per heavy atom. The SMILES string of the molecule is CNCC(Cc1cccc(Br)c1)C(C)CCOC. The van der Waals surface area contributed by atoms with Crippen molar-refractivity contribution in [3.8, 4) is 0 Å². The van der Waals surface area contributed by atoms with Crippen molar-refractivity contribution in [3.05, 3.63) is 34.3 Å². The number of methoxy groups -OCH3 is 1. The van der Waals surface area contributed by atoms with Crippen molar-refractivity contribution in [1.29, 1.82) is 0 Å². The minimum Gasteiger partial charge on any atom is -0.385 e. The van der Waals surface area contributed by atoms with Crippen LogP contribution in [0.15, 0.2) is 28.7 Å². The number of hydrogen-bond donors (Lipinski definition) is 1. The van der Waals surface area contributed by atoms with Crippen LogP contribution in [0.2, 0.25) is 0 Å². The van der Waals surface area contributed by atoms with Gasteiger partial charge in [-0.1, -0.05) is 35.0 Å². The topological polar surface area (TPSA) is 21.3 Å². The van der Waals surface area contributed by atoms with Gasteiger partial charge in [0.05, 0.1) is 0 Å². The average Bonchev–Trinajstić information content (AvgIpc) is 2.35. The third kappa shape index (κ3) is 5.51. The van der Waals surface area contributed by atoms with Crippen molar-refractivity contribution >= 4 is 15.9 Å². The van der Waals surface area contributed by atoms with Crippen molar-refractivity contribution < 1.29 is 4.74 Å². The number of nitrogens with one attached hydrogen (secondary N) is 1. The second-order valence-corrected chi connectivity index (χ2v) is 5.83. The predicted octanol–water partition coefficient (Wildman–Crippen LogP) is 3.50. The fraction of sp³-hybridized carbons (Fsp3) is 0.600. The summed E-state index contributed by atoms with van der Waals surface area (Å²) in [5.41, 5.74) is 1.40. The number of halogens is 1. The van der Waals surface area contributed by atoms with Gasteiger partial charge in [-0.15, -0.1) is 0 Å². The largest absolute Gasteiger partial charge is 0.385 e. The van der Waals surface area contributed by atoms with Crippen molar-refractivity contribution in [1.82, 2.24) is 5.32 Å². The van der Waals surface area contributed by atoms with Crippen molar-refractivity contribution in [2.24, 2.45) is 11.8 Å². The van der Waals surface area contributed by atoms with Gasteiger partial charge < -0.3 is 10.1 Å². The molecule has 3 heteroatoms. The van der Waals surface area contributed by atoms with Gasteiger partial charge in [-0.2, -0.15) is 0 Å². The molecule has 102 valence electrons. The molecule has 0 saturated heterocycles. The van der Waals surface area contributed by atoms with E-state index in [-0.39, 0.29) is 0 Å². The first-order valence-electron chi connectivity index (χ1n) is 6.55. The van der Waals surface area contributed by atoms with Crippen LogP contribution in [-0.4, -0.2) is 27.3 Å². The lowest BCUT2D eigenvalue weighted by Gasteiger charge is -2.24. The molecular formula is C15H24BrNO. The summed E-state index contributed by atoms with van der Waals surface area (Å²) in [6.45, 7) is 4.22. The minimum absolute atomic E-state index is 0.652. The van der Waals surface area contributed by atoms with Crippen LogP contribution in [0.25, 0.3) is 0 Å². The Bertz CT molecular complexity index is 343. The molecule has 0 radical (unpaired) electrons. The molecule has 0 aliphatic heterocycles. The van der Waals surface area contributed by atoms with Gasteiger partial charge in [0.1, 0.15) is 0 Å². The molecule has 0 aliphatic carbocycles. The zero-order valence-electron chi connectivity index (χ0n) is 11.6. The van der Waals surface area contributed by atoms with E-state index in [0.29, 0.717) is 11.8 Å². The van der Waals surface area contributed by atoms with Crippen molar-refractivity contribution in [2.45, 2.75) is 19.8 Å². The highest BCUT2D eigenvalue weighted by atomic mass is 79.9. The molecule has 1 N–H and O–H groups in total. The molecule has 2 nitrogen and oxygen atoms in total. The summed E-state index contributed by atoms with van der Waals surface area (Å²) < 4.78 is 6.34. The third-order valence-corrected chi connectivity index (χ3v) is 3.93. The summed E-state index contributed by atoms with van der Waals surface area (Å²) in [6.07, 6.45) is 2.24. The van der Waals surface area contributed by atoms with Gasteiger partial charge in [0.2, 0.25) is 0 Å². The van der Waals surface area contributed by atoms with Crippen molar-refractivity contribution in [2.75, 3.05) is 27.3 Å². The van der Waals surface area contributed by atoms with Gasteiger partial charge in [0, 0.05) is 18.2 Å². The van der Waals surface area contributed by atoms with Gasteiger partial charge >= 0.3 is 0 Å². The molecule has 0 aliphatic rings. The lowest BCUT2D eigenvalue weighted by atomic mass is 9.86. The number of benzene rings is 1. The van der Waals surface area contributed by atoms with Crippen LogP contribution in [0.1, 0.15) is 18.9 Å². The van der Waals surface area contributed by atoms with Gasteiger partial charge in [0.25, 0.3) is 0 Å². The van der Waals surface area contributed by atoms with E-state index in [1.54, 1.807) is 7.11 Å². The molecule has 1 aromatic rings. The monoisotopic (exact) mass is 313 g/mol. The zero-order chi connectivity index (χ0) is 13.4. The predicted molar refractivity (Wildman–Crippen MR) is 80.9 cm³/mol. The number of hydrogen-bond acceptors (Lipinski definition) is 2. The molecule has 0 amide bonds. The third-order valence-electron chi connectivity index (χ3n) is 3.44. The highest BCUT2D eigenvalue weighted by molar-refractivity contribution is 9.10. The lowest BCUT2D eigenvalue weighted by Crippen LogP contribution is -2.27. The Hall–Kier alpha value is -0.380. The van der Waals surface area contributed by atoms with E-state index in [0.717, 1.165) is 30.5 Å². The van der Waals surface area contributed by atoms with Crippen LogP contribution >= 0.6 is 15.9 Å². The smallest absolute Gasteiger partial charge is 0.0464 e. The molecule has 0 spiro atoms. The van der Waals surface area contributed by atoms with Crippen molar-refractivity contribution in [3.63, 3.8) is 0 Å². The Balaban J connectivity index is 2.61. The molecule has 2 unspecified atom stereocenters. The molecule has 0 fully saturated rings. The summed E-state index contributed by atoms with van der Waals surface area (Å²) in [7, 11) is 3.80. The van der Waals surface area contributed by atoms with E-state index in [2.05, 4.69) is 52.4 Å². The van der Waals surface area contributed by atoms with Gasteiger partial charge in [-0.25, -0.2) is 0 Å². The average molecular weight is 314 g/mol. The first kappa shape index (κ1) is 15.7. The van der Waals surface area contributed by atoms with E-state index in [4.69, 9.17) is 4.74 Å². The molecular weight excluding hydrogens is 290 g/mol. The Morgan fingerprint density at radius 3 is 2.78 bits per heavy atom. The summed E-state index contributed by atoms with van der Waals surface area (Å²) >= 11 is 3.53. The van der Waals surface area contributed by atoms with E-state index in [9.17, 15) is 0 Å². The summed E-state index contributed by atoms with van der Waals surface area (Å²) in [6, 6.07) is 8.60. The molecule has 1 rings (SSSR count). The second-order valence-electron chi connectivity index (χ2n) is 4.91. The van der Waals surface area contributed by atoms with E-state index in [1.807, 2.05) is 7.05 Å². The van der Waals surface area contributed by atoms with Crippen LogP contribution in [-0.2, 0) is 11.2 Å². The van der Waals surface area contributed by atoms with Gasteiger partial charge in [-0.05, 0) is 56.0 Å². The molecule has 0 aromatic heterocycles. The molecule has 18 heavy (non-hydrogen) atoms. The molecule has 0 bridgehead atoms. The standard InChI is InChI=1S/C15H24BrNO/c1-12(7-8-18-3)14(11-17-2)9-13-5-4-6-15(16)10-13/h4-6,10,12,14,17H,7-9,11H2,1-3H3. The van der Waals surface area contributed by atoms with Crippen LogP contribution in [0.3, 0.4) is 0 Å². The van der Waals surface area contributed by atoms with Crippen LogP contribution in [0.4, 0.5) is 0 Å². The number of ether oxygens (including phenoxy) is 1. The quantitative estimate of drug-likeness (QED) is 0.793. The Labute approximate surface area is 119 Å². The fourth-order valence-corrected chi connectivity index (χ4v) is 2.69. The van der Waals surface area contributed by atoms with Crippen LogP contribution in [0.5, 0.6) is 0 Å². The normalized spacial score (nSPS) is 14.4. The maximum absolute atomic E-state index is 5.18. The minimum atomic E-state index is 0.652. The van der Waals surface area contributed by atoms with Gasteiger partial charge in [-0.3, -0.25) is 0 Å². The number of rotatable bonds is 8. The maximum atomic E-state index is 5.18. The Morgan fingerprint density at radius 1 is 1.39 bits per heavy atom. The fourth-order valence-electron chi connectivity index (χ4n) is 2.24. The zero-order valence-corrected chi connectivity index (χ0v) is 13.2. The maximum Gasteiger partial charge on any atom is 0.0464 e. The van der Waals surface area contributed by atoms with Crippen LogP contribution in [0, 0.1) is 11.8 Å². The van der Waals surface area contributed by atoms with E-state index >= 15 is 0 Å². The second kappa shape index (κ2) is 8.68. The van der Waals surface area contributed by atoms with Gasteiger partial charge in [0.15, 0.2) is 0 Å². The van der Waals surface area contributed by atoms with E-state index in [1.165, 1.54) is 5.56 Å². The lowest BCUT2D eigenvalue weighted by molar-refractivity contribution is 0.164. The summed E-state index contributed by atoms with van der Waals surface area (Å²) in [4.78, 5) is 0.